The Morgan fingerprint density at radius 2 is 1.95 bits per heavy atom. The van der Waals surface area contributed by atoms with Crippen molar-refractivity contribution in [2.24, 2.45) is 0 Å². The molecule has 37 heavy (non-hydrogen) atoms. The molecule has 9 heteroatoms. The van der Waals surface area contributed by atoms with Crippen molar-refractivity contribution in [3.05, 3.63) is 47.8 Å². The molecule has 5 rings (SSSR count). The summed E-state index contributed by atoms with van der Waals surface area (Å²) in [4.78, 5) is 33.6. The predicted octanol–water partition coefficient (Wildman–Crippen LogP) is 3.66. The predicted molar refractivity (Wildman–Crippen MR) is 145 cm³/mol. The van der Waals surface area contributed by atoms with Crippen LogP contribution in [0.4, 0.5) is 0 Å². The Morgan fingerprint density at radius 3 is 2.70 bits per heavy atom. The molecule has 4 N–H and O–H groups in total. The molecule has 0 atom stereocenters. The molecule has 0 radical (unpaired) electrons. The number of amides is 2. The maximum Gasteiger partial charge on any atom is 0.236 e. The fourth-order valence-corrected chi connectivity index (χ4v) is 5.46. The van der Waals surface area contributed by atoms with E-state index in [1.54, 1.807) is 0 Å². The fourth-order valence-electron chi connectivity index (χ4n) is 5.46. The number of nitrogens with one attached hydrogen (secondary N) is 4. The van der Waals surface area contributed by atoms with Crippen molar-refractivity contribution in [2.75, 3.05) is 32.7 Å². The van der Waals surface area contributed by atoms with Crippen LogP contribution in [0.1, 0.15) is 56.6 Å². The van der Waals surface area contributed by atoms with Crippen LogP contribution in [0.25, 0.3) is 33.2 Å². The summed E-state index contributed by atoms with van der Waals surface area (Å²) in [5.74, 6) is 0.835. The first-order valence-electron chi connectivity index (χ1n) is 13.1. The Labute approximate surface area is 216 Å². The van der Waals surface area contributed by atoms with E-state index in [1.165, 1.54) is 23.4 Å². The molecule has 0 saturated carbocycles. The van der Waals surface area contributed by atoms with E-state index in [0.717, 1.165) is 53.7 Å². The van der Waals surface area contributed by atoms with Crippen LogP contribution in [-0.2, 0) is 9.59 Å². The molecule has 0 unspecified atom stereocenters. The number of hydrogen-bond donors (Lipinski definition) is 4. The molecule has 1 aliphatic rings. The lowest BCUT2D eigenvalue weighted by molar-refractivity contribution is -0.131. The Morgan fingerprint density at radius 1 is 1.14 bits per heavy atom. The average Bonchev–Trinajstić information content (AvgIpc) is 3.52. The van der Waals surface area contributed by atoms with E-state index in [9.17, 15) is 9.59 Å². The van der Waals surface area contributed by atoms with E-state index < -0.39 is 0 Å². The van der Waals surface area contributed by atoms with Gasteiger partial charge in [0.2, 0.25) is 11.8 Å². The lowest BCUT2D eigenvalue weighted by atomic mass is 9.87. The van der Waals surface area contributed by atoms with Crippen molar-refractivity contribution in [1.82, 2.24) is 35.7 Å². The summed E-state index contributed by atoms with van der Waals surface area (Å²) in [5, 5.41) is 15.3. The third kappa shape index (κ3) is 5.22. The van der Waals surface area contributed by atoms with Crippen molar-refractivity contribution in [1.29, 1.82) is 0 Å². The van der Waals surface area contributed by atoms with Gasteiger partial charge in [-0.2, -0.15) is 5.10 Å². The second kappa shape index (κ2) is 10.7. The molecule has 1 aromatic carbocycles. The first kappa shape index (κ1) is 25.0. The summed E-state index contributed by atoms with van der Waals surface area (Å²) in [6, 6.07) is 8.84. The van der Waals surface area contributed by atoms with Gasteiger partial charge in [-0.3, -0.25) is 14.7 Å². The number of aromatic nitrogens is 4. The molecular weight excluding hydrogens is 466 g/mol. The highest BCUT2D eigenvalue weighted by molar-refractivity contribution is 5.98. The molecule has 4 heterocycles. The van der Waals surface area contributed by atoms with Crippen LogP contribution in [0.15, 0.2) is 36.7 Å². The maximum absolute atomic E-state index is 12.6. The van der Waals surface area contributed by atoms with Crippen LogP contribution in [0.2, 0.25) is 0 Å². The third-order valence-electron chi connectivity index (χ3n) is 7.33. The lowest BCUT2D eigenvalue weighted by Crippen LogP contribution is -2.43. The first-order valence-corrected chi connectivity index (χ1v) is 13.1. The highest BCUT2D eigenvalue weighted by atomic mass is 16.2. The quantitative estimate of drug-likeness (QED) is 0.275. The average molecular weight is 502 g/mol. The normalized spacial score (nSPS) is 14.6. The molecule has 1 saturated heterocycles. The SMILES string of the molecule is CC(=O)NCCNCC(=O)N1CCC(c2ccc3[nH]c(-c4ccnc5[nH]ncc45)c(C(C)C)c3c2)CC1. The number of fused-ring (bicyclic) bond motifs is 2. The molecule has 2 amide bonds. The number of aromatic amines is 2. The number of hydrogen-bond acceptors (Lipinski definition) is 5. The number of nitrogens with zero attached hydrogens (tertiary/aromatic N) is 3. The van der Waals surface area contributed by atoms with Gasteiger partial charge in [0.05, 0.1) is 18.4 Å². The number of carbonyl (C=O) groups is 2. The van der Waals surface area contributed by atoms with Gasteiger partial charge in [0, 0.05) is 61.2 Å². The van der Waals surface area contributed by atoms with E-state index in [1.807, 2.05) is 17.3 Å². The Hall–Kier alpha value is -3.72. The fraction of sp³-hybridized carbons (Fsp3) is 0.429. The van der Waals surface area contributed by atoms with Crippen LogP contribution in [0, 0.1) is 0 Å². The summed E-state index contributed by atoms with van der Waals surface area (Å²) < 4.78 is 0. The van der Waals surface area contributed by atoms with Crippen LogP contribution in [0.3, 0.4) is 0 Å². The van der Waals surface area contributed by atoms with E-state index in [0.29, 0.717) is 31.5 Å². The second-order valence-corrected chi connectivity index (χ2v) is 10.2. The minimum atomic E-state index is -0.0580. The maximum atomic E-state index is 12.6. The topological polar surface area (TPSA) is 119 Å². The van der Waals surface area contributed by atoms with Crippen molar-refractivity contribution in [2.45, 2.75) is 45.4 Å². The van der Waals surface area contributed by atoms with Gasteiger partial charge in [0.1, 0.15) is 0 Å². The van der Waals surface area contributed by atoms with Crippen LogP contribution in [0.5, 0.6) is 0 Å². The van der Waals surface area contributed by atoms with Crippen LogP contribution in [-0.4, -0.2) is 69.6 Å². The van der Waals surface area contributed by atoms with Crippen LogP contribution >= 0.6 is 0 Å². The van der Waals surface area contributed by atoms with Gasteiger partial charge in [0.25, 0.3) is 0 Å². The number of H-pyrrole nitrogens is 2. The Bertz CT molecular complexity index is 1410. The van der Waals surface area contributed by atoms with Gasteiger partial charge in [-0.1, -0.05) is 19.9 Å². The van der Waals surface area contributed by atoms with Crippen molar-refractivity contribution < 1.29 is 9.59 Å². The van der Waals surface area contributed by atoms with Crippen LogP contribution < -0.4 is 10.6 Å². The van der Waals surface area contributed by atoms with Gasteiger partial charge in [-0.15, -0.1) is 0 Å². The molecule has 9 nitrogen and oxygen atoms in total. The number of carbonyl (C=O) groups excluding carboxylic acids is 2. The molecule has 194 valence electrons. The molecule has 1 fully saturated rings. The minimum absolute atomic E-state index is 0.0580. The first-order chi connectivity index (χ1) is 17.9. The summed E-state index contributed by atoms with van der Waals surface area (Å²) in [6.45, 7) is 8.91. The molecule has 0 spiro atoms. The molecule has 0 aliphatic carbocycles. The molecule has 0 bridgehead atoms. The number of pyridine rings is 1. The summed E-state index contributed by atoms with van der Waals surface area (Å²) in [5.41, 5.74) is 6.80. The zero-order valence-corrected chi connectivity index (χ0v) is 21.7. The number of rotatable bonds is 8. The smallest absolute Gasteiger partial charge is 0.236 e. The molecule has 1 aliphatic heterocycles. The van der Waals surface area contributed by atoms with Crippen molar-refractivity contribution >= 4 is 33.8 Å². The third-order valence-corrected chi connectivity index (χ3v) is 7.33. The van der Waals surface area contributed by atoms with Gasteiger partial charge < -0.3 is 20.5 Å². The zero-order chi connectivity index (χ0) is 25.9. The monoisotopic (exact) mass is 501 g/mol. The molecule has 4 aromatic rings. The second-order valence-electron chi connectivity index (χ2n) is 10.2. The summed E-state index contributed by atoms with van der Waals surface area (Å²) >= 11 is 0. The summed E-state index contributed by atoms with van der Waals surface area (Å²) in [6.07, 6.45) is 5.58. The largest absolute Gasteiger partial charge is 0.355 e. The van der Waals surface area contributed by atoms with Gasteiger partial charge in [-0.25, -0.2) is 4.98 Å². The zero-order valence-electron chi connectivity index (χ0n) is 21.7. The number of likely N-dealkylation sites (tertiary alicyclic amines) is 1. The Kier molecular flexibility index (Phi) is 7.23. The van der Waals surface area contributed by atoms with E-state index in [4.69, 9.17) is 0 Å². The van der Waals surface area contributed by atoms with E-state index in [-0.39, 0.29) is 11.8 Å². The highest BCUT2D eigenvalue weighted by Crippen LogP contribution is 2.39. The Balaban J connectivity index is 1.30. The van der Waals surface area contributed by atoms with Gasteiger partial charge >= 0.3 is 0 Å². The lowest BCUT2D eigenvalue weighted by Gasteiger charge is -2.32. The highest BCUT2D eigenvalue weighted by Gasteiger charge is 2.25. The minimum Gasteiger partial charge on any atom is -0.355 e. The molecule has 3 aromatic heterocycles. The number of benzene rings is 1. The van der Waals surface area contributed by atoms with E-state index in [2.05, 4.69) is 68.9 Å². The number of piperidine rings is 1. The van der Waals surface area contributed by atoms with Gasteiger partial charge in [-0.05, 0) is 54.0 Å². The summed E-state index contributed by atoms with van der Waals surface area (Å²) in [7, 11) is 0. The van der Waals surface area contributed by atoms with Crippen molar-refractivity contribution in [3.63, 3.8) is 0 Å². The standard InChI is InChI=1S/C28H35N7O2/c1-17(2)26-22-14-20(19-7-12-35(13-8-19)25(37)16-29-10-11-30-18(3)36)4-5-24(22)33-27(26)21-6-9-31-28-23(21)15-32-34-28/h4-6,9,14-15,17,19,29,33H,7-8,10-13,16H2,1-3H3,(H,30,36)(H,31,32,34). The van der Waals surface area contributed by atoms with Gasteiger partial charge in [0.15, 0.2) is 5.65 Å². The molecular formula is C28H35N7O2. The van der Waals surface area contributed by atoms with E-state index >= 15 is 0 Å². The van der Waals surface area contributed by atoms with Crippen molar-refractivity contribution in [3.8, 4) is 11.3 Å².